The minimum absolute atomic E-state index is 0.0412. The average Bonchev–Trinajstić information content (AvgIpc) is 2.82. The predicted octanol–water partition coefficient (Wildman–Crippen LogP) is 4.36. The lowest BCUT2D eigenvalue weighted by Gasteiger charge is -2.39. The first kappa shape index (κ1) is 25.9. The molecule has 13 heteroatoms. The third-order valence-electron chi connectivity index (χ3n) is 6.16. The first-order valence-corrected chi connectivity index (χ1v) is 11.5. The Hall–Kier alpha value is -4.16. The Morgan fingerprint density at radius 2 is 1.89 bits per heavy atom. The van der Waals surface area contributed by atoms with Gasteiger partial charge in [-0.15, -0.1) is 0 Å². The van der Waals surface area contributed by atoms with Crippen molar-refractivity contribution >= 4 is 40.2 Å². The molecule has 2 aromatic heterocycles. The molecule has 1 aromatic carbocycles. The number of pyridine rings is 1. The van der Waals surface area contributed by atoms with Gasteiger partial charge in [-0.05, 0) is 43.7 Å². The van der Waals surface area contributed by atoms with Crippen LogP contribution >= 0.6 is 0 Å². The summed E-state index contributed by atoms with van der Waals surface area (Å²) in [7, 11) is 0. The molecule has 0 spiro atoms. The number of carboxylic acid groups (broad SMARTS) is 1. The van der Waals surface area contributed by atoms with Gasteiger partial charge in [-0.1, -0.05) is 0 Å². The van der Waals surface area contributed by atoms with E-state index in [9.17, 15) is 27.9 Å². The fourth-order valence-corrected chi connectivity index (χ4v) is 4.32. The van der Waals surface area contributed by atoms with Crippen molar-refractivity contribution in [3.8, 4) is 0 Å². The number of carbonyl (C=O) groups is 2. The van der Waals surface area contributed by atoms with Crippen molar-refractivity contribution in [2.24, 2.45) is 0 Å². The van der Waals surface area contributed by atoms with E-state index in [1.807, 2.05) is 11.8 Å². The maximum atomic E-state index is 13.5. The van der Waals surface area contributed by atoms with Crippen LogP contribution in [0.3, 0.4) is 0 Å². The van der Waals surface area contributed by atoms with Crippen molar-refractivity contribution in [3.63, 3.8) is 0 Å². The highest BCUT2D eigenvalue weighted by Crippen LogP contribution is 2.35. The van der Waals surface area contributed by atoms with Gasteiger partial charge in [0.1, 0.15) is 18.0 Å². The zero-order valence-corrected chi connectivity index (χ0v) is 20.4. The molecule has 1 fully saturated rings. The lowest BCUT2D eigenvalue weighted by Crippen LogP contribution is -2.53. The number of hydrogen-bond acceptors (Lipinski definition) is 7. The molecular formula is C24H26F3N7O3. The standard InChI is InChI=1S/C24H26F3N7O3/c1-13-11-33(23(36)37)4-5-34(13)21-9-19-20(10-28-21)29-12-30-22(19)31-14(2)16-6-17(24(25,26)27)8-18(7-16)32-15(3)35/h6-10,12-14H,4-5,11H2,1-3H3,(H,32,35)(H,36,37)(H,29,30,31)/t13-,14+/m0/s1. The second-order valence-electron chi connectivity index (χ2n) is 8.94. The van der Waals surface area contributed by atoms with E-state index in [1.165, 1.54) is 24.2 Å². The normalized spacial score (nSPS) is 17.0. The summed E-state index contributed by atoms with van der Waals surface area (Å²) in [5.74, 6) is 0.533. The minimum Gasteiger partial charge on any atom is -0.465 e. The zero-order valence-electron chi connectivity index (χ0n) is 20.4. The first-order chi connectivity index (χ1) is 17.4. The molecule has 37 heavy (non-hydrogen) atoms. The van der Waals surface area contributed by atoms with Crippen LogP contribution in [0.1, 0.15) is 37.9 Å². The molecule has 0 bridgehead atoms. The lowest BCUT2D eigenvalue weighted by molar-refractivity contribution is -0.137. The number of benzene rings is 1. The molecule has 10 nitrogen and oxygen atoms in total. The van der Waals surface area contributed by atoms with Gasteiger partial charge in [0.05, 0.1) is 23.3 Å². The minimum atomic E-state index is -4.59. The summed E-state index contributed by atoms with van der Waals surface area (Å²) in [5.41, 5.74) is 0.00158. The van der Waals surface area contributed by atoms with Crippen LogP contribution in [-0.2, 0) is 11.0 Å². The molecule has 2 amide bonds. The highest BCUT2D eigenvalue weighted by atomic mass is 19.4. The summed E-state index contributed by atoms with van der Waals surface area (Å²) in [5, 5.41) is 15.5. The van der Waals surface area contributed by atoms with Gasteiger partial charge < -0.3 is 25.5 Å². The quantitative estimate of drug-likeness (QED) is 0.456. The maximum Gasteiger partial charge on any atom is 0.416 e. The summed E-state index contributed by atoms with van der Waals surface area (Å²) in [6, 6.07) is 4.46. The Morgan fingerprint density at radius 3 is 2.54 bits per heavy atom. The van der Waals surface area contributed by atoms with Crippen LogP contribution in [0.5, 0.6) is 0 Å². The number of carbonyl (C=O) groups excluding carboxylic acids is 1. The van der Waals surface area contributed by atoms with E-state index < -0.39 is 29.8 Å². The number of anilines is 3. The average molecular weight is 518 g/mol. The van der Waals surface area contributed by atoms with Crippen LogP contribution < -0.4 is 15.5 Å². The van der Waals surface area contributed by atoms with Crippen molar-refractivity contribution in [1.82, 2.24) is 19.9 Å². The highest BCUT2D eigenvalue weighted by Gasteiger charge is 2.32. The molecule has 1 aliphatic heterocycles. The molecule has 196 valence electrons. The SMILES string of the molecule is CC(=O)Nc1cc([C@@H](C)Nc2ncnc3cnc(N4CCN(C(=O)O)C[C@@H]4C)cc23)cc(C(F)(F)F)c1. The van der Waals surface area contributed by atoms with Crippen molar-refractivity contribution in [3.05, 3.63) is 47.9 Å². The molecule has 3 heterocycles. The molecule has 0 radical (unpaired) electrons. The number of alkyl halides is 3. The Bertz CT molecular complexity index is 1330. The summed E-state index contributed by atoms with van der Waals surface area (Å²) < 4.78 is 40.5. The van der Waals surface area contributed by atoms with Gasteiger partial charge in [-0.2, -0.15) is 13.2 Å². The van der Waals surface area contributed by atoms with E-state index in [2.05, 4.69) is 25.6 Å². The lowest BCUT2D eigenvalue weighted by atomic mass is 10.0. The van der Waals surface area contributed by atoms with Crippen LogP contribution in [0, 0.1) is 0 Å². The monoisotopic (exact) mass is 517 g/mol. The van der Waals surface area contributed by atoms with Crippen molar-refractivity contribution in [1.29, 1.82) is 0 Å². The van der Waals surface area contributed by atoms with E-state index >= 15 is 0 Å². The van der Waals surface area contributed by atoms with Gasteiger partial charge >= 0.3 is 12.3 Å². The highest BCUT2D eigenvalue weighted by molar-refractivity contribution is 5.91. The summed E-state index contributed by atoms with van der Waals surface area (Å²) in [4.78, 5) is 39.2. The molecule has 1 aliphatic rings. The van der Waals surface area contributed by atoms with Crippen LogP contribution in [0.15, 0.2) is 36.8 Å². The predicted molar refractivity (Wildman–Crippen MR) is 132 cm³/mol. The van der Waals surface area contributed by atoms with E-state index in [0.717, 1.165) is 12.1 Å². The molecule has 3 aromatic rings. The Balaban J connectivity index is 1.65. The Labute approximate surface area is 210 Å². The number of piperazine rings is 1. The van der Waals surface area contributed by atoms with E-state index in [-0.39, 0.29) is 11.7 Å². The first-order valence-electron chi connectivity index (χ1n) is 11.5. The molecular weight excluding hydrogens is 491 g/mol. The number of halogens is 3. The number of fused-ring (bicyclic) bond motifs is 1. The van der Waals surface area contributed by atoms with Gasteiger partial charge in [-0.25, -0.2) is 19.7 Å². The van der Waals surface area contributed by atoms with Crippen molar-refractivity contribution < 1.29 is 27.9 Å². The van der Waals surface area contributed by atoms with Crippen LogP contribution in [0.4, 0.5) is 35.3 Å². The molecule has 1 saturated heterocycles. The van der Waals surface area contributed by atoms with Gasteiger partial charge in [0.15, 0.2) is 0 Å². The molecule has 4 rings (SSSR count). The smallest absolute Gasteiger partial charge is 0.416 e. The molecule has 0 aliphatic carbocycles. The van der Waals surface area contributed by atoms with Crippen LogP contribution in [0.25, 0.3) is 10.9 Å². The van der Waals surface area contributed by atoms with E-state index in [1.54, 1.807) is 19.2 Å². The third-order valence-corrected chi connectivity index (χ3v) is 6.16. The Kier molecular flexibility index (Phi) is 7.05. The summed E-state index contributed by atoms with van der Waals surface area (Å²) in [6.07, 6.45) is -2.64. The van der Waals surface area contributed by atoms with Crippen LogP contribution in [-0.4, -0.2) is 62.6 Å². The van der Waals surface area contributed by atoms with Gasteiger partial charge in [0.25, 0.3) is 0 Å². The Morgan fingerprint density at radius 1 is 1.14 bits per heavy atom. The van der Waals surface area contributed by atoms with E-state index in [0.29, 0.717) is 47.7 Å². The van der Waals surface area contributed by atoms with Gasteiger partial charge in [-0.3, -0.25) is 4.79 Å². The summed E-state index contributed by atoms with van der Waals surface area (Å²) >= 11 is 0. The second-order valence-corrected chi connectivity index (χ2v) is 8.94. The third kappa shape index (κ3) is 5.81. The summed E-state index contributed by atoms with van der Waals surface area (Å²) in [6.45, 7) is 5.94. The molecule has 3 N–H and O–H groups in total. The molecule has 2 atom stereocenters. The number of nitrogens with zero attached hydrogens (tertiary/aromatic N) is 5. The van der Waals surface area contributed by atoms with Gasteiger partial charge in [0, 0.05) is 43.7 Å². The fraction of sp³-hybridized carbons (Fsp3) is 0.375. The van der Waals surface area contributed by atoms with Crippen molar-refractivity contribution in [2.75, 3.05) is 35.2 Å². The van der Waals surface area contributed by atoms with Crippen LogP contribution in [0.2, 0.25) is 0 Å². The number of amides is 2. The number of hydrogen-bond donors (Lipinski definition) is 3. The molecule has 0 unspecified atom stereocenters. The number of rotatable bonds is 5. The largest absolute Gasteiger partial charge is 0.465 e. The maximum absolute atomic E-state index is 13.5. The molecule has 0 saturated carbocycles. The van der Waals surface area contributed by atoms with Gasteiger partial charge in [0.2, 0.25) is 5.91 Å². The number of nitrogens with one attached hydrogen (secondary N) is 2. The number of aromatic nitrogens is 3. The van der Waals surface area contributed by atoms with Crippen molar-refractivity contribution in [2.45, 2.75) is 39.0 Å². The fourth-order valence-electron chi connectivity index (χ4n) is 4.32. The zero-order chi connectivity index (χ0) is 26.9. The second kappa shape index (κ2) is 10.1. The van der Waals surface area contributed by atoms with E-state index in [4.69, 9.17) is 0 Å². The topological polar surface area (TPSA) is 124 Å².